The van der Waals surface area contributed by atoms with Crippen LogP contribution in [-0.4, -0.2) is 4.98 Å². The Bertz CT molecular complexity index is 443. The Kier molecular flexibility index (Phi) is 3.64. The second-order valence-electron chi connectivity index (χ2n) is 2.86. The van der Waals surface area contributed by atoms with Crippen molar-refractivity contribution >= 4 is 34.7 Å². The highest BCUT2D eigenvalue weighted by Gasteiger charge is 2.03. The fourth-order valence-electron chi connectivity index (χ4n) is 1.12. The minimum Gasteiger partial charge on any atom is -0.326 e. The summed E-state index contributed by atoms with van der Waals surface area (Å²) in [6, 6.07) is 5.90. The molecule has 2 aromatic rings. The van der Waals surface area contributed by atoms with Crippen LogP contribution in [0.15, 0.2) is 39.0 Å². The van der Waals surface area contributed by atoms with Gasteiger partial charge in [0.05, 0.1) is 0 Å². The van der Waals surface area contributed by atoms with Crippen LogP contribution in [0, 0.1) is 0 Å². The van der Waals surface area contributed by atoms with Gasteiger partial charge in [0, 0.05) is 28.0 Å². The molecule has 2 nitrogen and oxygen atoms in total. The summed E-state index contributed by atoms with van der Waals surface area (Å²) >= 11 is 9.29. The van der Waals surface area contributed by atoms with Crippen LogP contribution in [0.25, 0.3) is 0 Å². The number of aromatic nitrogens is 1. The molecule has 0 fully saturated rings. The first-order chi connectivity index (χ1) is 7.29. The zero-order valence-electron chi connectivity index (χ0n) is 7.81. The van der Waals surface area contributed by atoms with Gasteiger partial charge < -0.3 is 5.73 Å². The van der Waals surface area contributed by atoms with Crippen LogP contribution in [0.3, 0.4) is 0 Å². The Morgan fingerprint density at radius 2 is 2.33 bits per heavy atom. The van der Waals surface area contributed by atoms with E-state index in [0.717, 1.165) is 19.8 Å². The number of nitrogens with zero attached hydrogens (tertiary/aromatic N) is 1. The van der Waals surface area contributed by atoms with Crippen molar-refractivity contribution in [2.24, 2.45) is 5.73 Å². The summed E-state index contributed by atoms with van der Waals surface area (Å²) in [6.07, 6.45) is 1.79. The maximum absolute atomic E-state index is 6.06. The largest absolute Gasteiger partial charge is 0.326 e. The average Bonchev–Trinajstić information content (AvgIpc) is 2.71. The molecule has 0 radical (unpaired) electrons. The first kappa shape index (κ1) is 11.0. The summed E-state index contributed by atoms with van der Waals surface area (Å²) in [4.78, 5) is 5.29. The Labute approximate surface area is 101 Å². The number of nitrogens with two attached hydrogens (primary N) is 1. The maximum atomic E-state index is 6.06. The van der Waals surface area contributed by atoms with Gasteiger partial charge >= 0.3 is 0 Å². The third kappa shape index (κ3) is 2.72. The van der Waals surface area contributed by atoms with E-state index >= 15 is 0 Å². The zero-order valence-corrected chi connectivity index (χ0v) is 10.2. The van der Waals surface area contributed by atoms with E-state index in [1.54, 1.807) is 29.3 Å². The molecule has 0 amide bonds. The van der Waals surface area contributed by atoms with Gasteiger partial charge in [-0.05, 0) is 17.7 Å². The highest BCUT2D eigenvalue weighted by Crippen LogP contribution is 2.31. The molecule has 0 bridgehead atoms. The van der Waals surface area contributed by atoms with Gasteiger partial charge in [-0.15, -0.1) is 11.3 Å². The summed E-state index contributed by atoms with van der Waals surface area (Å²) in [5.74, 6) is 0. The lowest BCUT2D eigenvalue weighted by molar-refractivity contribution is 1.07. The smallest absolute Gasteiger partial charge is 0.154 e. The molecule has 78 valence electrons. The van der Waals surface area contributed by atoms with Crippen LogP contribution in [-0.2, 0) is 6.54 Å². The summed E-state index contributed by atoms with van der Waals surface area (Å²) in [5, 5.41) is 2.68. The maximum Gasteiger partial charge on any atom is 0.154 e. The first-order valence-corrected chi connectivity index (χ1v) is 6.43. The van der Waals surface area contributed by atoms with Gasteiger partial charge in [-0.2, -0.15) is 0 Å². The van der Waals surface area contributed by atoms with Crippen LogP contribution in [0.5, 0.6) is 0 Å². The fourth-order valence-corrected chi connectivity index (χ4v) is 3.08. The minimum atomic E-state index is 0.473. The quantitative estimate of drug-likeness (QED) is 0.915. The van der Waals surface area contributed by atoms with Crippen molar-refractivity contribution in [3.8, 4) is 0 Å². The molecular formula is C10H9ClN2S2. The van der Waals surface area contributed by atoms with Gasteiger partial charge in [-0.3, -0.25) is 0 Å². The number of hydrogen-bond acceptors (Lipinski definition) is 4. The van der Waals surface area contributed by atoms with E-state index in [-0.39, 0.29) is 0 Å². The molecule has 2 rings (SSSR count). The van der Waals surface area contributed by atoms with Gasteiger partial charge in [0.2, 0.25) is 0 Å². The van der Waals surface area contributed by atoms with Gasteiger partial charge in [0.15, 0.2) is 4.34 Å². The topological polar surface area (TPSA) is 38.9 Å². The first-order valence-electron chi connectivity index (χ1n) is 4.35. The number of benzene rings is 1. The van der Waals surface area contributed by atoms with Crippen molar-refractivity contribution < 1.29 is 0 Å². The highest BCUT2D eigenvalue weighted by atomic mass is 35.5. The lowest BCUT2D eigenvalue weighted by atomic mass is 10.2. The molecule has 0 aliphatic rings. The van der Waals surface area contributed by atoms with E-state index < -0.39 is 0 Å². The summed E-state index contributed by atoms with van der Waals surface area (Å²) in [6.45, 7) is 0.473. The van der Waals surface area contributed by atoms with Crippen LogP contribution in [0.1, 0.15) is 5.56 Å². The predicted octanol–water partition coefficient (Wildman–Crippen LogP) is 3.41. The van der Waals surface area contributed by atoms with Crippen molar-refractivity contribution in [2.45, 2.75) is 15.8 Å². The molecular weight excluding hydrogens is 248 g/mol. The van der Waals surface area contributed by atoms with E-state index in [9.17, 15) is 0 Å². The minimum absolute atomic E-state index is 0.473. The molecule has 0 saturated heterocycles. The van der Waals surface area contributed by atoms with Gasteiger partial charge in [-0.25, -0.2) is 4.98 Å². The van der Waals surface area contributed by atoms with Crippen molar-refractivity contribution in [1.29, 1.82) is 0 Å². The molecule has 2 N–H and O–H groups in total. The average molecular weight is 257 g/mol. The molecule has 5 heteroatoms. The second-order valence-corrected chi connectivity index (χ2v) is 5.48. The molecule has 15 heavy (non-hydrogen) atoms. The van der Waals surface area contributed by atoms with E-state index in [2.05, 4.69) is 4.98 Å². The van der Waals surface area contributed by atoms with Crippen LogP contribution in [0.2, 0.25) is 5.02 Å². The highest BCUT2D eigenvalue weighted by molar-refractivity contribution is 8.01. The monoisotopic (exact) mass is 256 g/mol. The van der Waals surface area contributed by atoms with Crippen molar-refractivity contribution in [3.63, 3.8) is 0 Å². The van der Waals surface area contributed by atoms with Gasteiger partial charge in [0.1, 0.15) is 0 Å². The zero-order chi connectivity index (χ0) is 10.7. The SMILES string of the molecule is NCc1ccc(Sc2nccs2)cc1Cl. The van der Waals surface area contributed by atoms with Crippen LogP contribution in [0.4, 0.5) is 0 Å². The molecule has 1 heterocycles. The van der Waals surface area contributed by atoms with Crippen LogP contribution < -0.4 is 5.73 Å². The lowest BCUT2D eigenvalue weighted by Gasteiger charge is -2.03. The van der Waals surface area contributed by atoms with Crippen molar-refractivity contribution in [2.75, 3.05) is 0 Å². The number of thiazole rings is 1. The molecule has 0 unspecified atom stereocenters. The summed E-state index contributed by atoms with van der Waals surface area (Å²) in [7, 11) is 0. The van der Waals surface area contributed by atoms with Crippen molar-refractivity contribution in [3.05, 3.63) is 40.4 Å². The van der Waals surface area contributed by atoms with Gasteiger partial charge in [0.25, 0.3) is 0 Å². The third-order valence-electron chi connectivity index (χ3n) is 1.86. The molecule has 0 saturated carbocycles. The number of halogens is 1. The number of hydrogen-bond donors (Lipinski definition) is 1. The number of rotatable bonds is 3. The summed E-state index contributed by atoms with van der Waals surface area (Å²) < 4.78 is 1.02. The molecule has 1 aromatic carbocycles. The molecule has 0 spiro atoms. The molecule has 1 aromatic heterocycles. The normalized spacial score (nSPS) is 10.5. The van der Waals surface area contributed by atoms with Crippen molar-refractivity contribution in [1.82, 2.24) is 4.98 Å². The van der Waals surface area contributed by atoms with E-state index in [0.29, 0.717) is 6.54 Å². The Morgan fingerprint density at radius 1 is 1.47 bits per heavy atom. The summed E-state index contributed by atoms with van der Waals surface area (Å²) in [5.41, 5.74) is 6.51. The van der Waals surface area contributed by atoms with Crippen LogP contribution >= 0.6 is 34.7 Å². The standard InChI is InChI=1S/C10H9ClN2S2/c11-9-5-8(2-1-7(9)6-12)15-10-13-3-4-14-10/h1-5H,6,12H2. The molecule has 0 aliphatic carbocycles. The van der Waals surface area contributed by atoms with E-state index in [1.165, 1.54) is 0 Å². The lowest BCUT2D eigenvalue weighted by Crippen LogP contribution is -1.96. The Hall–Kier alpha value is -0.550. The van der Waals surface area contributed by atoms with E-state index in [1.807, 2.05) is 23.6 Å². The predicted molar refractivity (Wildman–Crippen MR) is 65.6 cm³/mol. The Morgan fingerprint density at radius 3 is 2.93 bits per heavy atom. The third-order valence-corrected chi connectivity index (χ3v) is 4.08. The fraction of sp³-hybridized carbons (Fsp3) is 0.100. The second kappa shape index (κ2) is 4.99. The molecule has 0 aliphatic heterocycles. The van der Waals surface area contributed by atoms with E-state index in [4.69, 9.17) is 17.3 Å². The Balaban J connectivity index is 2.20. The molecule has 0 atom stereocenters. The van der Waals surface area contributed by atoms with Gasteiger partial charge in [-0.1, -0.05) is 29.4 Å².